The Kier molecular flexibility index (Phi) is 5.43. The predicted molar refractivity (Wildman–Crippen MR) is 68.7 cm³/mol. The second-order valence-corrected chi connectivity index (χ2v) is 6.41. The number of benzene rings is 1. The van der Waals surface area contributed by atoms with E-state index in [1.165, 1.54) is 18.2 Å². The topological polar surface area (TPSA) is 54.4 Å². The first-order chi connectivity index (χ1) is 8.84. The highest BCUT2D eigenvalue weighted by atomic mass is 32.2. The van der Waals surface area contributed by atoms with Crippen molar-refractivity contribution in [3.8, 4) is 0 Å². The lowest BCUT2D eigenvalue weighted by Gasteiger charge is -2.22. The molecule has 0 bridgehead atoms. The van der Waals surface area contributed by atoms with Crippen molar-refractivity contribution >= 4 is 9.84 Å². The number of hydrogen-bond donors (Lipinski definition) is 1. The number of rotatable bonds is 7. The van der Waals surface area contributed by atoms with Crippen molar-refractivity contribution in [2.24, 2.45) is 0 Å². The van der Waals surface area contributed by atoms with Crippen LogP contribution in [0, 0.1) is 0 Å². The van der Waals surface area contributed by atoms with Crippen LogP contribution in [0.2, 0.25) is 0 Å². The van der Waals surface area contributed by atoms with E-state index in [1.807, 2.05) is 6.92 Å². The molecule has 0 spiro atoms. The van der Waals surface area contributed by atoms with Gasteiger partial charge in [-0.2, -0.15) is 8.78 Å². The minimum Gasteiger partial charge on any atom is -0.386 e. The van der Waals surface area contributed by atoms with Gasteiger partial charge in [-0.1, -0.05) is 44.4 Å². The zero-order valence-corrected chi connectivity index (χ0v) is 11.5. The maximum absolute atomic E-state index is 13.9. The van der Waals surface area contributed by atoms with Crippen LogP contribution in [0.1, 0.15) is 32.6 Å². The average Bonchev–Trinajstić information content (AvgIpc) is 2.39. The zero-order chi connectivity index (χ0) is 14.5. The Bertz CT molecular complexity index is 486. The fourth-order valence-electron chi connectivity index (χ4n) is 1.69. The Morgan fingerprint density at radius 1 is 1.21 bits per heavy atom. The van der Waals surface area contributed by atoms with Crippen molar-refractivity contribution in [1.29, 1.82) is 0 Å². The fraction of sp³-hybridized carbons (Fsp3) is 0.538. The SMILES string of the molecule is CCCCCC(O)C(F)(F)S(=O)(=O)c1ccccc1. The van der Waals surface area contributed by atoms with E-state index < -0.39 is 26.1 Å². The molecule has 19 heavy (non-hydrogen) atoms. The molecule has 1 atom stereocenters. The second-order valence-electron chi connectivity index (χ2n) is 4.39. The van der Waals surface area contributed by atoms with Crippen molar-refractivity contribution in [2.45, 2.75) is 48.9 Å². The van der Waals surface area contributed by atoms with E-state index >= 15 is 0 Å². The van der Waals surface area contributed by atoms with Gasteiger partial charge in [-0.15, -0.1) is 0 Å². The molecular formula is C13H18F2O3S. The molecule has 0 saturated heterocycles. The Hall–Kier alpha value is -1.01. The molecule has 1 aromatic rings. The van der Waals surface area contributed by atoms with Crippen LogP contribution in [0.5, 0.6) is 0 Å². The van der Waals surface area contributed by atoms with E-state index in [2.05, 4.69) is 0 Å². The van der Waals surface area contributed by atoms with Gasteiger partial charge in [-0.3, -0.25) is 0 Å². The van der Waals surface area contributed by atoms with Crippen LogP contribution in [0.4, 0.5) is 8.78 Å². The van der Waals surface area contributed by atoms with Gasteiger partial charge in [0.25, 0.3) is 0 Å². The summed E-state index contributed by atoms with van der Waals surface area (Å²) in [5.41, 5.74) is 0. The van der Waals surface area contributed by atoms with E-state index in [9.17, 15) is 22.3 Å². The average molecular weight is 292 g/mol. The summed E-state index contributed by atoms with van der Waals surface area (Å²) >= 11 is 0. The van der Waals surface area contributed by atoms with E-state index in [0.29, 0.717) is 12.8 Å². The van der Waals surface area contributed by atoms with Crippen LogP contribution in [-0.2, 0) is 9.84 Å². The van der Waals surface area contributed by atoms with Crippen molar-refractivity contribution in [2.75, 3.05) is 0 Å². The molecule has 0 aliphatic carbocycles. The molecule has 0 aliphatic heterocycles. The number of halogens is 2. The second kappa shape index (κ2) is 6.43. The maximum atomic E-state index is 13.9. The highest BCUT2D eigenvalue weighted by molar-refractivity contribution is 7.92. The molecule has 1 rings (SSSR count). The lowest BCUT2D eigenvalue weighted by Crippen LogP contribution is -2.41. The van der Waals surface area contributed by atoms with Crippen LogP contribution >= 0.6 is 0 Å². The van der Waals surface area contributed by atoms with Gasteiger partial charge < -0.3 is 5.11 Å². The van der Waals surface area contributed by atoms with Gasteiger partial charge in [0.1, 0.15) is 6.10 Å². The van der Waals surface area contributed by atoms with E-state index in [4.69, 9.17) is 0 Å². The normalized spacial score (nSPS) is 14.3. The predicted octanol–water partition coefficient (Wildman–Crippen LogP) is 2.99. The Balaban J connectivity index is 2.92. The minimum absolute atomic E-state index is 0.229. The molecule has 0 amide bonds. The summed E-state index contributed by atoms with van der Waals surface area (Å²) in [4.78, 5) is -0.477. The number of alkyl halides is 2. The van der Waals surface area contributed by atoms with Crippen LogP contribution in [0.3, 0.4) is 0 Å². The highest BCUT2D eigenvalue weighted by Gasteiger charge is 2.51. The summed E-state index contributed by atoms with van der Waals surface area (Å²) in [6.07, 6.45) is -0.545. The molecule has 1 N–H and O–H groups in total. The van der Waals surface area contributed by atoms with Crippen molar-refractivity contribution in [1.82, 2.24) is 0 Å². The van der Waals surface area contributed by atoms with Crippen molar-refractivity contribution < 1.29 is 22.3 Å². The molecule has 1 aromatic carbocycles. The first-order valence-electron chi connectivity index (χ1n) is 6.19. The quantitative estimate of drug-likeness (QED) is 0.786. The lowest BCUT2D eigenvalue weighted by molar-refractivity contribution is -0.0461. The van der Waals surface area contributed by atoms with Gasteiger partial charge in [-0.05, 0) is 18.6 Å². The largest absolute Gasteiger partial charge is 0.386 e. The first-order valence-corrected chi connectivity index (χ1v) is 7.68. The van der Waals surface area contributed by atoms with Crippen LogP contribution in [0.25, 0.3) is 0 Å². The third-order valence-corrected chi connectivity index (χ3v) is 4.76. The van der Waals surface area contributed by atoms with Gasteiger partial charge in [0, 0.05) is 0 Å². The Morgan fingerprint density at radius 3 is 2.32 bits per heavy atom. The molecule has 0 aliphatic rings. The maximum Gasteiger partial charge on any atom is 0.375 e. The molecular weight excluding hydrogens is 274 g/mol. The fourth-order valence-corrected chi connectivity index (χ4v) is 3.00. The Labute approximate surface area is 112 Å². The minimum atomic E-state index is -4.86. The number of sulfone groups is 1. The molecule has 0 heterocycles. The number of aliphatic hydroxyl groups excluding tert-OH is 1. The van der Waals surface area contributed by atoms with Gasteiger partial charge >= 0.3 is 5.25 Å². The summed E-state index contributed by atoms with van der Waals surface area (Å²) < 4.78 is 51.4. The zero-order valence-electron chi connectivity index (χ0n) is 10.7. The summed E-state index contributed by atoms with van der Waals surface area (Å²) in [6, 6.07) is 6.47. The molecule has 6 heteroatoms. The summed E-state index contributed by atoms with van der Waals surface area (Å²) in [5.74, 6) is 0. The van der Waals surface area contributed by atoms with Crippen molar-refractivity contribution in [3.05, 3.63) is 30.3 Å². The molecule has 0 fully saturated rings. The number of aliphatic hydroxyl groups is 1. The van der Waals surface area contributed by atoms with E-state index in [1.54, 1.807) is 0 Å². The van der Waals surface area contributed by atoms with Gasteiger partial charge in [0.2, 0.25) is 9.84 Å². The van der Waals surface area contributed by atoms with Gasteiger partial charge in [0.05, 0.1) is 4.90 Å². The molecule has 0 radical (unpaired) electrons. The third-order valence-electron chi connectivity index (χ3n) is 2.88. The van der Waals surface area contributed by atoms with E-state index in [-0.39, 0.29) is 6.42 Å². The summed E-state index contributed by atoms with van der Waals surface area (Å²) in [7, 11) is -4.86. The van der Waals surface area contributed by atoms with Gasteiger partial charge in [-0.25, -0.2) is 8.42 Å². The first kappa shape index (κ1) is 16.0. The molecule has 108 valence electrons. The van der Waals surface area contributed by atoms with E-state index in [0.717, 1.165) is 18.6 Å². The van der Waals surface area contributed by atoms with Gasteiger partial charge in [0.15, 0.2) is 0 Å². The third kappa shape index (κ3) is 3.51. The smallest absolute Gasteiger partial charge is 0.375 e. The Morgan fingerprint density at radius 2 is 1.79 bits per heavy atom. The van der Waals surface area contributed by atoms with Crippen molar-refractivity contribution in [3.63, 3.8) is 0 Å². The molecule has 3 nitrogen and oxygen atoms in total. The summed E-state index contributed by atoms with van der Waals surface area (Å²) in [6.45, 7) is 1.89. The summed E-state index contributed by atoms with van der Waals surface area (Å²) in [5, 5.41) is 5.31. The van der Waals surface area contributed by atoms with Crippen LogP contribution < -0.4 is 0 Å². The number of unbranched alkanes of at least 4 members (excludes halogenated alkanes) is 2. The van der Waals surface area contributed by atoms with Crippen LogP contribution in [-0.4, -0.2) is 24.9 Å². The lowest BCUT2D eigenvalue weighted by atomic mass is 10.1. The molecule has 0 saturated carbocycles. The number of hydrogen-bond acceptors (Lipinski definition) is 3. The molecule has 1 unspecified atom stereocenters. The monoisotopic (exact) mass is 292 g/mol. The molecule has 0 aromatic heterocycles. The van der Waals surface area contributed by atoms with Crippen LogP contribution in [0.15, 0.2) is 35.2 Å². The standard InChI is InChI=1S/C13H18F2O3S/c1-2-3-5-10-12(16)13(14,15)19(17,18)11-8-6-4-7-9-11/h4,6-9,12,16H,2-3,5,10H2,1H3. The highest BCUT2D eigenvalue weighted by Crippen LogP contribution is 2.34.